The number of nitrogens with one attached hydrogen (secondary N) is 1. The van der Waals surface area contributed by atoms with Crippen LogP contribution in [0.25, 0.3) is 0 Å². The number of nitro groups is 1. The van der Waals surface area contributed by atoms with Gasteiger partial charge in [-0.25, -0.2) is 4.98 Å². The molecule has 2 aliphatic heterocycles. The Balaban J connectivity index is 1.79. The van der Waals surface area contributed by atoms with Crippen molar-refractivity contribution in [3.8, 4) is 6.07 Å². The van der Waals surface area contributed by atoms with Gasteiger partial charge in [-0.15, -0.1) is 0 Å². The van der Waals surface area contributed by atoms with Gasteiger partial charge < -0.3 is 5.32 Å². The summed E-state index contributed by atoms with van der Waals surface area (Å²) < 4.78 is 0. The second-order valence-electron chi connectivity index (χ2n) is 5.60. The highest BCUT2D eigenvalue weighted by atomic mass is 16.6. The van der Waals surface area contributed by atoms with Crippen LogP contribution >= 0.6 is 0 Å². The molecule has 2 aliphatic rings. The van der Waals surface area contributed by atoms with Crippen LogP contribution < -0.4 is 5.32 Å². The Labute approximate surface area is 122 Å². The molecule has 0 bridgehead atoms. The fourth-order valence-electron chi connectivity index (χ4n) is 3.35. The van der Waals surface area contributed by atoms with Gasteiger partial charge in [0.2, 0.25) is 0 Å². The number of pyridine rings is 1. The van der Waals surface area contributed by atoms with Gasteiger partial charge in [-0.1, -0.05) is 6.42 Å². The van der Waals surface area contributed by atoms with Crippen LogP contribution in [0.5, 0.6) is 0 Å². The molecule has 1 aromatic rings. The zero-order valence-electron chi connectivity index (χ0n) is 11.7. The summed E-state index contributed by atoms with van der Waals surface area (Å²) >= 11 is 0. The van der Waals surface area contributed by atoms with Gasteiger partial charge in [-0.3, -0.25) is 15.0 Å². The number of piperidine rings is 1. The van der Waals surface area contributed by atoms with Crippen LogP contribution in [-0.2, 0) is 0 Å². The first kappa shape index (κ1) is 13.8. The smallest absolute Gasteiger partial charge is 0.289 e. The molecular formula is C14H17N5O2. The van der Waals surface area contributed by atoms with Crippen molar-refractivity contribution in [1.82, 2.24) is 9.88 Å². The van der Waals surface area contributed by atoms with E-state index in [1.165, 1.54) is 25.1 Å². The number of aromatic nitrogens is 1. The second kappa shape index (κ2) is 5.66. The lowest BCUT2D eigenvalue weighted by atomic mass is 9.99. The van der Waals surface area contributed by atoms with E-state index >= 15 is 0 Å². The minimum atomic E-state index is -0.532. The van der Waals surface area contributed by atoms with E-state index in [9.17, 15) is 10.1 Å². The molecule has 7 nitrogen and oxygen atoms in total. The molecule has 1 N–H and O–H groups in total. The minimum absolute atomic E-state index is 0.150. The molecule has 0 saturated carbocycles. The molecule has 0 radical (unpaired) electrons. The summed E-state index contributed by atoms with van der Waals surface area (Å²) in [6, 6.07) is 4.03. The lowest BCUT2D eigenvalue weighted by molar-refractivity contribution is -0.385. The van der Waals surface area contributed by atoms with E-state index in [1.54, 1.807) is 0 Å². The summed E-state index contributed by atoms with van der Waals surface area (Å²) in [6.07, 6.45) is 5.87. The molecule has 21 heavy (non-hydrogen) atoms. The van der Waals surface area contributed by atoms with E-state index in [-0.39, 0.29) is 17.3 Å². The number of nitrogens with zero attached hydrogens (tertiary/aromatic N) is 4. The predicted octanol–water partition coefficient (Wildman–Crippen LogP) is 1.90. The lowest BCUT2D eigenvalue weighted by Gasteiger charge is -2.32. The molecule has 0 amide bonds. The molecule has 0 aromatic carbocycles. The quantitative estimate of drug-likeness (QED) is 0.674. The van der Waals surface area contributed by atoms with Crippen molar-refractivity contribution in [3.63, 3.8) is 0 Å². The summed E-state index contributed by atoms with van der Waals surface area (Å²) in [5.74, 6) is 0.459. The molecule has 2 saturated heterocycles. The highest BCUT2D eigenvalue weighted by molar-refractivity contribution is 5.56. The zero-order chi connectivity index (χ0) is 14.8. The average molecular weight is 287 g/mol. The standard InChI is InChI=1S/C14H17N5O2/c15-8-10-7-11(19(20)21)9-16-14(10)17-12-4-6-18-5-2-1-3-13(12)18/h7,9,12-13H,1-6H2,(H,16,17). The second-order valence-corrected chi connectivity index (χ2v) is 5.60. The molecule has 2 fully saturated rings. The van der Waals surface area contributed by atoms with E-state index in [4.69, 9.17) is 5.26 Å². The fraction of sp³-hybridized carbons (Fsp3) is 0.571. The SMILES string of the molecule is N#Cc1cc([N+](=O)[O-])cnc1NC1CCN2CCCCC12. The largest absolute Gasteiger partial charge is 0.365 e. The molecule has 3 heterocycles. The number of nitriles is 1. The molecule has 7 heteroatoms. The monoisotopic (exact) mass is 287 g/mol. The van der Waals surface area contributed by atoms with Gasteiger partial charge in [0.25, 0.3) is 5.69 Å². The fourth-order valence-corrected chi connectivity index (χ4v) is 3.35. The Kier molecular flexibility index (Phi) is 3.71. The van der Waals surface area contributed by atoms with Crippen LogP contribution in [0.1, 0.15) is 31.2 Å². The third-order valence-corrected chi connectivity index (χ3v) is 4.38. The number of fused-ring (bicyclic) bond motifs is 1. The van der Waals surface area contributed by atoms with Crippen molar-refractivity contribution in [1.29, 1.82) is 5.26 Å². The Hall–Kier alpha value is -2.20. The van der Waals surface area contributed by atoms with Crippen molar-refractivity contribution >= 4 is 11.5 Å². The van der Waals surface area contributed by atoms with Crippen molar-refractivity contribution in [3.05, 3.63) is 27.9 Å². The van der Waals surface area contributed by atoms with E-state index in [2.05, 4.69) is 15.2 Å². The van der Waals surface area contributed by atoms with Gasteiger partial charge in [-0.2, -0.15) is 5.26 Å². The lowest BCUT2D eigenvalue weighted by Crippen LogP contribution is -2.41. The summed E-state index contributed by atoms with van der Waals surface area (Å²) in [5, 5.41) is 23.2. The third-order valence-electron chi connectivity index (χ3n) is 4.38. The maximum atomic E-state index is 10.7. The van der Waals surface area contributed by atoms with E-state index in [0.717, 1.165) is 25.9 Å². The Morgan fingerprint density at radius 2 is 2.29 bits per heavy atom. The van der Waals surface area contributed by atoms with Crippen LogP contribution in [-0.4, -0.2) is 40.0 Å². The molecule has 2 atom stereocenters. The highest BCUT2D eigenvalue weighted by Crippen LogP contribution is 2.30. The van der Waals surface area contributed by atoms with Gasteiger partial charge in [0.05, 0.1) is 4.92 Å². The molecule has 3 rings (SSSR count). The maximum Gasteiger partial charge on any atom is 0.289 e. The Bertz CT molecular complexity index is 598. The first-order valence-corrected chi connectivity index (χ1v) is 7.24. The van der Waals surface area contributed by atoms with Crippen LogP contribution in [0.2, 0.25) is 0 Å². The van der Waals surface area contributed by atoms with E-state index in [1.807, 2.05) is 6.07 Å². The first-order chi connectivity index (χ1) is 10.2. The topological polar surface area (TPSA) is 95.1 Å². The van der Waals surface area contributed by atoms with Crippen LogP contribution in [0.15, 0.2) is 12.3 Å². The van der Waals surface area contributed by atoms with Crippen LogP contribution in [0, 0.1) is 21.4 Å². The van der Waals surface area contributed by atoms with Crippen molar-refractivity contribution in [2.45, 2.75) is 37.8 Å². The van der Waals surface area contributed by atoms with Gasteiger partial charge >= 0.3 is 0 Å². The number of hydrogen-bond acceptors (Lipinski definition) is 6. The van der Waals surface area contributed by atoms with E-state index in [0.29, 0.717) is 11.9 Å². The van der Waals surface area contributed by atoms with Crippen molar-refractivity contribution in [2.75, 3.05) is 18.4 Å². The van der Waals surface area contributed by atoms with Crippen molar-refractivity contribution < 1.29 is 4.92 Å². The molecule has 2 unspecified atom stereocenters. The predicted molar refractivity (Wildman–Crippen MR) is 76.8 cm³/mol. The number of rotatable bonds is 3. The summed E-state index contributed by atoms with van der Waals surface area (Å²) in [4.78, 5) is 16.8. The third kappa shape index (κ3) is 2.67. The van der Waals surface area contributed by atoms with Gasteiger partial charge in [-0.05, 0) is 25.8 Å². The molecular weight excluding hydrogens is 270 g/mol. The molecule has 1 aromatic heterocycles. The van der Waals surface area contributed by atoms with Gasteiger partial charge in [0.1, 0.15) is 23.6 Å². The average Bonchev–Trinajstić information content (AvgIpc) is 2.91. The van der Waals surface area contributed by atoms with Crippen molar-refractivity contribution in [2.24, 2.45) is 0 Å². The van der Waals surface area contributed by atoms with Gasteiger partial charge in [0, 0.05) is 24.7 Å². The number of anilines is 1. The van der Waals surface area contributed by atoms with E-state index < -0.39 is 4.92 Å². The minimum Gasteiger partial charge on any atom is -0.365 e. The molecule has 0 aliphatic carbocycles. The van der Waals surface area contributed by atoms with Gasteiger partial charge in [0.15, 0.2) is 0 Å². The first-order valence-electron chi connectivity index (χ1n) is 7.24. The zero-order valence-corrected chi connectivity index (χ0v) is 11.7. The maximum absolute atomic E-state index is 10.7. The summed E-state index contributed by atoms with van der Waals surface area (Å²) in [7, 11) is 0. The molecule has 110 valence electrons. The molecule has 0 spiro atoms. The van der Waals surface area contributed by atoms with Crippen LogP contribution in [0.3, 0.4) is 0 Å². The summed E-state index contributed by atoms with van der Waals surface area (Å²) in [6.45, 7) is 2.21. The summed E-state index contributed by atoms with van der Waals surface area (Å²) in [5.41, 5.74) is 0.0845. The number of hydrogen-bond donors (Lipinski definition) is 1. The Morgan fingerprint density at radius 1 is 1.43 bits per heavy atom. The Morgan fingerprint density at radius 3 is 3.05 bits per heavy atom. The normalized spacial score (nSPS) is 25.1. The highest BCUT2D eigenvalue weighted by Gasteiger charge is 2.35. The van der Waals surface area contributed by atoms with Crippen LogP contribution in [0.4, 0.5) is 11.5 Å².